The lowest BCUT2D eigenvalue weighted by Gasteiger charge is -2.31. The van der Waals surface area contributed by atoms with E-state index in [1.807, 2.05) is 6.92 Å². The fourth-order valence-electron chi connectivity index (χ4n) is 2.66. The molecule has 0 saturated carbocycles. The van der Waals surface area contributed by atoms with Crippen LogP contribution in [-0.2, 0) is 14.3 Å². The molecule has 1 N–H and O–H groups in total. The number of aliphatic hydroxyl groups is 1. The van der Waals surface area contributed by atoms with Crippen molar-refractivity contribution in [3.63, 3.8) is 0 Å². The summed E-state index contributed by atoms with van der Waals surface area (Å²) in [6.45, 7) is 4.23. The van der Waals surface area contributed by atoms with Crippen LogP contribution in [-0.4, -0.2) is 30.4 Å². The van der Waals surface area contributed by atoms with Gasteiger partial charge in [0.15, 0.2) is 0 Å². The summed E-state index contributed by atoms with van der Waals surface area (Å²) in [7, 11) is 1.34. The molecule has 1 aliphatic heterocycles. The van der Waals surface area contributed by atoms with Crippen LogP contribution in [0.2, 0.25) is 0 Å². The second kappa shape index (κ2) is 9.01. The minimum atomic E-state index is -0.467. The lowest BCUT2D eigenvalue weighted by atomic mass is 9.95. The molecule has 0 unspecified atom stereocenters. The summed E-state index contributed by atoms with van der Waals surface area (Å²) in [5, 5.41) is 10.1. The van der Waals surface area contributed by atoms with Crippen LogP contribution < -0.4 is 0 Å². The van der Waals surface area contributed by atoms with Gasteiger partial charge in [0.1, 0.15) is 11.3 Å². The number of ether oxygens (including phenoxy) is 2. The molecule has 4 nitrogen and oxygen atoms in total. The maximum atomic E-state index is 11.7. The topological polar surface area (TPSA) is 55.8 Å². The maximum absolute atomic E-state index is 11.7. The first-order chi connectivity index (χ1) is 9.63. The molecule has 1 heterocycles. The van der Waals surface area contributed by atoms with Crippen LogP contribution in [0.3, 0.4) is 0 Å². The second-order valence-electron chi connectivity index (χ2n) is 5.44. The second-order valence-corrected chi connectivity index (χ2v) is 5.44. The standard InChI is InChI=1S/C16H28O4/c1-4-6-7-8-10-12-11-13(17)15(16(18)19-3)14(20-12)9-5-2/h12,14,17H,4-11H2,1-3H3/t12-,14+/m1/s1. The van der Waals surface area contributed by atoms with Gasteiger partial charge in [0.05, 0.1) is 19.3 Å². The fourth-order valence-corrected chi connectivity index (χ4v) is 2.66. The van der Waals surface area contributed by atoms with Gasteiger partial charge in [-0.3, -0.25) is 0 Å². The smallest absolute Gasteiger partial charge is 0.339 e. The molecule has 0 fully saturated rings. The average molecular weight is 284 g/mol. The number of aliphatic hydroxyl groups excluding tert-OH is 1. The van der Waals surface area contributed by atoms with Gasteiger partial charge in [-0.2, -0.15) is 0 Å². The van der Waals surface area contributed by atoms with E-state index < -0.39 is 5.97 Å². The normalized spacial score (nSPS) is 22.9. The Morgan fingerprint density at radius 3 is 2.60 bits per heavy atom. The Bertz CT molecular complexity index is 335. The first-order valence-corrected chi connectivity index (χ1v) is 7.79. The third-order valence-corrected chi connectivity index (χ3v) is 3.75. The summed E-state index contributed by atoms with van der Waals surface area (Å²) < 4.78 is 10.7. The minimum absolute atomic E-state index is 0.0248. The van der Waals surface area contributed by atoms with Crippen LogP contribution in [0.5, 0.6) is 0 Å². The largest absolute Gasteiger partial charge is 0.512 e. The van der Waals surface area contributed by atoms with Crippen LogP contribution in [0, 0.1) is 0 Å². The molecule has 1 aliphatic rings. The number of hydrogen-bond donors (Lipinski definition) is 1. The van der Waals surface area contributed by atoms with Crippen LogP contribution in [0.15, 0.2) is 11.3 Å². The molecule has 1 rings (SSSR count). The van der Waals surface area contributed by atoms with Crippen LogP contribution >= 0.6 is 0 Å². The quantitative estimate of drug-likeness (QED) is 0.542. The van der Waals surface area contributed by atoms with E-state index in [0.29, 0.717) is 12.0 Å². The SMILES string of the molecule is CCCCCC[C@@H]1CC(O)=C(C(=O)OC)[C@H](CCC)O1. The first kappa shape index (κ1) is 17.0. The third kappa shape index (κ3) is 4.82. The zero-order chi connectivity index (χ0) is 15.0. The van der Waals surface area contributed by atoms with Crippen LogP contribution in [0.1, 0.15) is 65.2 Å². The van der Waals surface area contributed by atoms with Gasteiger partial charge in [-0.1, -0.05) is 46.0 Å². The van der Waals surface area contributed by atoms with E-state index >= 15 is 0 Å². The number of carbonyl (C=O) groups excluding carboxylic acids is 1. The summed E-state index contributed by atoms with van der Waals surface area (Å²) in [4.78, 5) is 11.7. The first-order valence-electron chi connectivity index (χ1n) is 7.79. The van der Waals surface area contributed by atoms with Crippen molar-refractivity contribution in [2.45, 2.75) is 77.4 Å². The van der Waals surface area contributed by atoms with Gasteiger partial charge in [0.2, 0.25) is 0 Å². The predicted molar refractivity (Wildman–Crippen MR) is 78.6 cm³/mol. The molecule has 0 aromatic carbocycles. The van der Waals surface area contributed by atoms with E-state index in [4.69, 9.17) is 9.47 Å². The van der Waals surface area contributed by atoms with Gasteiger partial charge in [0, 0.05) is 6.42 Å². The lowest BCUT2D eigenvalue weighted by Crippen LogP contribution is -2.34. The highest BCUT2D eigenvalue weighted by molar-refractivity contribution is 5.90. The Labute approximate surface area is 122 Å². The number of rotatable bonds is 8. The molecule has 0 bridgehead atoms. The maximum Gasteiger partial charge on any atom is 0.339 e. The van der Waals surface area contributed by atoms with Crippen molar-refractivity contribution in [2.75, 3.05) is 7.11 Å². The molecule has 0 radical (unpaired) electrons. The molecule has 20 heavy (non-hydrogen) atoms. The Balaban J connectivity index is 2.65. The van der Waals surface area contributed by atoms with E-state index in [9.17, 15) is 9.90 Å². The molecular formula is C16H28O4. The predicted octanol–water partition coefficient (Wildman–Crippen LogP) is 3.90. The summed E-state index contributed by atoms with van der Waals surface area (Å²) in [6.07, 6.45) is 7.47. The van der Waals surface area contributed by atoms with Gasteiger partial charge in [0.25, 0.3) is 0 Å². The highest BCUT2D eigenvalue weighted by Crippen LogP contribution is 2.30. The zero-order valence-corrected chi connectivity index (χ0v) is 13.0. The van der Waals surface area contributed by atoms with E-state index in [2.05, 4.69) is 6.92 Å². The Morgan fingerprint density at radius 1 is 1.25 bits per heavy atom. The summed E-state index contributed by atoms with van der Waals surface area (Å²) in [6, 6.07) is 0. The van der Waals surface area contributed by atoms with Gasteiger partial charge in [-0.15, -0.1) is 0 Å². The van der Waals surface area contributed by atoms with Crippen LogP contribution in [0.25, 0.3) is 0 Å². The highest BCUT2D eigenvalue weighted by atomic mass is 16.5. The molecule has 0 spiro atoms. The van der Waals surface area contributed by atoms with Crippen molar-refractivity contribution in [3.8, 4) is 0 Å². The number of unbranched alkanes of at least 4 members (excludes halogenated alkanes) is 3. The number of esters is 1. The monoisotopic (exact) mass is 284 g/mol. The fraction of sp³-hybridized carbons (Fsp3) is 0.812. The number of hydrogen-bond acceptors (Lipinski definition) is 4. The van der Waals surface area contributed by atoms with Crippen molar-refractivity contribution in [1.29, 1.82) is 0 Å². The van der Waals surface area contributed by atoms with E-state index in [1.165, 1.54) is 26.4 Å². The average Bonchev–Trinajstić information content (AvgIpc) is 2.43. The molecule has 2 atom stereocenters. The van der Waals surface area contributed by atoms with Crippen LogP contribution in [0.4, 0.5) is 0 Å². The molecule has 0 saturated heterocycles. The molecule has 0 aliphatic carbocycles. The van der Waals surface area contributed by atoms with Gasteiger partial charge in [-0.05, 0) is 12.8 Å². The van der Waals surface area contributed by atoms with Gasteiger partial charge in [-0.25, -0.2) is 4.79 Å². The Hall–Kier alpha value is -1.03. The summed E-state index contributed by atoms with van der Waals surface area (Å²) in [5.74, 6) is -0.313. The van der Waals surface area contributed by atoms with E-state index in [-0.39, 0.29) is 18.0 Å². The minimum Gasteiger partial charge on any atom is -0.512 e. The van der Waals surface area contributed by atoms with Crippen molar-refractivity contribution < 1.29 is 19.4 Å². The Kier molecular flexibility index (Phi) is 7.67. The van der Waals surface area contributed by atoms with E-state index in [0.717, 1.165) is 25.7 Å². The zero-order valence-electron chi connectivity index (χ0n) is 13.0. The summed E-state index contributed by atoms with van der Waals surface area (Å²) in [5.41, 5.74) is 0.319. The third-order valence-electron chi connectivity index (χ3n) is 3.75. The summed E-state index contributed by atoms with van der Waals surface area (Å²) >= 11 is 0. The molecule has 4 heteroatoms. The van der Waals surface area contributed by atoms with Gasteiger partial charge < -0.3 is 14.6 Å². The van der Waals surface area contributed by atoms with Crippen molar-refractivity contribution in [3.05, 3.63) is 11.3 Å². The van der Waals surface area contributed by atoms with E-state index in [1.54, 1.807) is 0 Å². The molecule has 116 valence electrons. The number of carbonyl (C=O) groups is 1. The van der Waals surface area contributed by atoms with Crippen molar-refractivity contribution >= 4 is 5.97 Å². The van der Waals surface area contributed by atoms with Crippen molar-refractivity contribution in [1.82, 2.24) is 0 Å². The number of methoxy groups -OCH3 is 1. The molecule has 0 amide bonds. The lowest BCUT2D eigenvalue weighted by molar-refractivity contribution is -0.139. The van der Waals surface area contributed by atoms with Gasteiger partial charge >= 0.3 is 5.97 Å². The molecule has 0 aromatic rings. The molecular weight excluding hydrogens is 256 g/mol. The van der Waals surface area contributed by atoms with Crippen molar-refractivity contribution in [2.24, 2.45) is 0 Å². The highest BCUT2D eigenvalue weighted by Gasteiger charge is 2.33. The molecule has 0 aromatic heterocycles. The Morgan fingerprint density at radius 2 is 2.00 bits per heavy atom.